The molecule has 20 nitrogen and oxygen atoms in total. The van der Waals surface area contributed by atoms with Crippen molar-refractivity contribution in [1.29, 1.82) is 0 Å². The summed E-state index contributed by atoms with van der Waals surface area (Å²) >= 11 is 1.84. The monoisotopic (exact) mass is 826 g/mol. The van der Waals surface area contributed by atoms with Gasteiger partial charge in [-0.3, -0.25) is 43.6 Å². The average molecular weight is 827 g/mol. The van der Waals surface area contributed by atoms with Crippen LogP contribution in [0, 0.1) is 17.8 Å². The van der Waals surface area contributed by atoms with Crippen LogP contribution in [0.2, 0.25) is 0 Å². The lowest BCUT2D eigenvalue weighted by Crippen LogP contribution is -2.56. The highest BCUT2D eigenvalue weighted by atomic mass is 32.2. The molecule has 0 spiro atoms. The molecule has 0 aliphatic carbocycles. The fourth-order valence-corrected chi connectivity index (χ4v) is 7.99. The second kappa shape index (κ2) is 24.9. The van der Waals surface area contributed by atoms with Gasteiger partial charge in [0.05, 0.1) is 25.2 Å². The summed E-state index contributed by atoms with van der Waals surface area (Å²) in [6.45, 7) is 7.83. The van der Waals surface area contributed by atoms with Gasteiger partial charge in [-0.15, -0.1) is 0 Å². The van der Waals surface area contributed by atoms with Crippen molar-refractivity contribution in [2.75, 3.05) is 25.4 Å². The lowest BCUT2D eigenvalue weighted by atomic mass is 9.92. The number of rotatable bonds is 26. The molecule has 0 bridgehead atoms. The molecule has 10 amide bonds. The van der Waals surface area contributed by atoms with Crippen molar-refractivity contribution in [1.82, 2.24) is 48.0 Å². The Morgan fingerprint density at radius 3 is 2.14 bits per heavy atom. The van der Waals surface area contributed by atoms with Crippen LogP contribution in [-0.2, 0) is 38.4 Å². The lowest BCUT2D eigenvalue weighted by Gasteiger charge is -2.25. The van der Waals surface area contributed by atoms with Gasteiger partial charge in [0, 0.05) is 36.3 Å². The quantitative estimate of drug-likeness (QED) is 0.0204. The molecular weight excluding hydrogens is 765 g/mol. The Bertz CT molecular complexity index is 1430. The van der Waals surface area contributed by atoms with Crippen molar-refractivity contribution in [3.8, 4) is 0 Å². The number of carbonyl (C=O) groups is 9. The number of thioether (sulfide) groups is 1. The predicted molar refractivity (Wildman–Crippen MR) is 210 cm³/mol. The Balaban J connectivity index is 1.65. The molecule has 0 aromatic heterocycles. The van der Waals surface area contributed by atoms with Crippen LogP contribution in [0.25, 0.3) is 0 Å². The van der Waals surface area contributed by atoms with Gasteiger partial charge in [-0.2, -0.15) is 11.8 Å². The van der Waals surface area contributed by atoms with Gasteiger partial charge in [0.25, 0.3) is 0 Å². The van der Waals surface area contributed by atoms with Crippen molar-refractivity contribution in [3.05, 3.63) is 0 Å². The second-order valence-corrected chi connectivity index (χ2v) is 16.5. The topological polar surface area (TPSA) is 308 Å². The second-order valence-electron chi connectivity index (χ2n) is 15.3. The van der Waals surface area contributed by atoms with Gasteiger partial charge in [-0.05, 0) is 57.3 Å². The lowest BCUT2D eigenvalue weighted by molar-refractivity contribution is -0.137. The minimum Gasteiger partial charge on any atom is -0.368 e. The number of hydrogen-bond donors (Lipinski definition) is 11. The number of hydroxylamine groups is 1. The molecule has 7 atom stereocenters. The summed E-state index contributed by atoms with van der Waals surface area (Å²) in [5, 5.41) is 30.3. The largest absolute Gasteiger partial charge is 0.368 e. The standard InChI is InChI=1S/C36H62N10O10S/c1-19(2)14-22(15-27(48)46-56)34(53)41-21(5)33(52)44-30(20(3)4)35(54)40-16-28(49)39-17-29(50)42-23(32(37)51)10-8-9-13-38-26(47)12-7-6-11-25-31-24(18-57-25)43-36(55)45-31/h19-25,30-31,56H,6-18H2,1-5H3,(H2,37,51)(H,38,47)(H,39,49)(H,40,54)(H,41,53)(H,42,50)(H,44,52)(H,46,48)(H2,43,45,55)/t21-,22?,23-,24-,25-,30-,31-/m0/s1. The highest BCUT2D eigenvalue weighted by Gasteiger charge is 2.42. The maximum absolute atomic E-state index is 12.9. The summed E-state index contributed by atoms with van der Waals surface area (Å²) in [4.78, 5) is 111. The number of fused-ring (bicyclic) bond motifs is 1. The van der Waals surface area contributed by atoms with Gasteiger partial charge in [0.15, 0.2) is 0 Å². The van der Waals surface area contributed by atoms with Gasteiger partial charge in [-0.1, -0.05) is 34.1 Å². The molecule has 0 radical (unpaired) electrons. The highest BCUT2D eigenvalue weighted by molar-refractivity contribution is 8.00. The zero-order chi connectivity index (χ0) is 42.7. The van der Waals surface area contributed by atoms with Gasteiger partial charge in [-0.25, -0.2) is 10.3 Å². The molecule has 12 N–H and O–H groups in total. The van der Waals surface area contributed by atoms with E-state index in [1.54, 1.807) is 13.8 Å². The first-order chi connectivity index (χ1) is 26.9. The van der Waals surface area contributed by atoms with Crippen LogP contribution in [0.15, 0.2) is 0 Å². The van der Waals surface area contributed by atoms with Gasteiger partial charge >= 0.3 is 6.03 Å². The van der Waals surface area contributed by atoms with Crippen molar-refractivity contribution >= 4 is 65.1 Å². The minimum atomic E-state index is -1.08. The van der Waals surface area contributed by atoms with Crippen molar-refractivity contribution in [3.63, 3.8) is 0 Å². The van der Waals surface area contributed by atoms with Crippen LogP contribution in [0.3, 0.4) is 0 Å². The van der Waals surface area contributed by atoms with Crippen molar-refractivity contribution in [2.45, 2.75) is 128 Å². The predicted octanol–water partition coefficient (Wildman–Crippen LogP) is -1.60. The highest BCUT2D eigenvalue weighted by Crippen LogP contribution is 2.33. The van der Waals surface area contributed by atoms with Crippen LogP contribution < -0.4 is 53.7 Å². The summed E-state index contributed by atoms with van der Waals surface area (Å²) in [5.74, 6) is -5.19. The van der Waals surface area contributed by atoms with E-state index in [0.717, 1.165) is 25.0 Å². The number of nitrogens with two attached hydrogens (primary N) is 1. The van der Waals surface area contributed by atoms with E-state index in [9.17, 15) is 43.2 Å². The molecule has 2 saturated heterocycles. The van der Waals surface area contributed by atoms with E-state index >= 15 is 0 Å². The Kier molecular flexibility index (Phi) is 21.1. The molecule has 0 aromatic rings. The van der Waals surface area contributed by atoms with Crippen LogP contribution in [0.5, 0.6) is 0 Å². The molecule has 2 rings (SSSR count). The Morgan fingerprint density at radius 1 is 0.789 bits per heavy atom. The first kappa shape index (κ1) is 48.5. The van der Waals surface area contributed by atoms with E-state index in [4.69, 9.17) is 10.9 Å². The molecule has 2 aliphatic rings. The summed E-state index contributed by atoms with van der Waals surface area (Å²) in [6.07, 6.45) is 4.21. The number of nitrogens with one attached hydrogen (secondary N) is 9. The molecule has 2 fully saturated rings. The fourth-order valence-electron chi connectivity index (χ4n) is 6.44. The summed E-state index contributed by atoms with van der Waals surface area (Å²) in [6, 6.07) is -2.96. The molecule has 21 heteroatoms. The van der Waals surface area contributed by atoms with E-state index in [0.29, 0.717) is 37.5 Å². The van der Waals surface area contributed by atoms with E-state index in [1.165, 1.54) is 12.4 Å². The van der Waals surface area contributed by atoms with Crippen LogP contribution >= 0.6 is 11.8 Å². The van der Waals surface area contributed by atoms with E-state index in [2.05, 4.69) is 42.5 Å². The molecule has 1 unspecified atom stereocenters. The van der Waals surface area contributed by atoms with Crippen molar-refractivity contribution < 1.29 is 48.4 Å². The van der Waals surface area contributed by atoms with Crippen molar-refractivity contribution in [2.24, 2.45) is 23.5 Å². The maximum Gasteiger partial charge on any atom is 0.315 e. The van der Waals surface area contributed by atoms with Gasteiger partial charge in [0.1, 0.15) is 18.1 Å². The van der Waals surface area contributed by atoms with Crippen LogP contribution in [0.1, 0.15) is 92.4 Å². The number of carbonyl (C=O) groups excluding carboxylic acids is 9. The smallest absolute Gasteiger partial charge is 0.315 e. The molecule has 0 aromatic carbocycles. The number of unbranched alkanes of at least 4 members (excludes halogenated alkanes) is 2. The third kappa shape index (κ3) is 18.0. The van der Waals surface area contributed by atoms with E-state index in [1.807, 2.05) is 25.6 Å². The first-order valence-electron chi connectivity index (χ1n) is 19.5. The molecule has 322 valence electrons. The van der Waals surface area contributed by atoms with Crippen LogP contribution in [0.4, 0.5) is 4.79 Å². The van der Waals surface area contributed by atoms with E-state index < -0.39 is 84.4 Å². The number of amides is 10. The summed E-state index contributed by atoms with van der Waals surface area (Å²) in [5.41, 5.74) is 6.96. The van der Waals surface area contributed by atoms with Gasteiger partial charge in [0.2, 0.25) is 47.3 Å². The van der Waals surface area contributed by atoms with Gasteiger partial charge < -0.3 is 48.3 Å². The minimum absolute atomic E-state index is 0.0489. The molecular formula is C36H62N10O10S. The SMILES string of the molecule is CC(C)CC(CC(=O)NO)C(=O)N[C@@H](C)C(=O)N[C@H](C(=O)NCC(=O)NCC(=O)N[C@@H](CCCCNC(=O)CCCC[C@@H]1SC[C@@H]2NC(=O)N[C@@H]21)C(N)=O)C(C)C. The number of urea groups is 1. The molecule has 2 aliphatic heterocycles. The zero-order valence-electron chi connectivity index (χ0n) is 33.5. The number of hydrogen-bond acceptors (Lipinski definition) is 11. The fraction of sp³-hybridized carbons (Fsp3) is 0.750. The molecule has 2 heterocycles. The normalized spacial score (nSPS) is 19.2. The molecule has 57 heavy (non-hydrogen) atoms. The summed E-state index contributed by atoms with van der Waals surface area (Å²) in [7, 11) is 0. The maximum atomic E-state index is 12.9. The molecule has 0 saturated carbocycles. The van der Waals surface area contributed by atoms with Crippen LogP contribution in [-0.4, -0.2) is 119 Å². The number of primary amides is 1. The average Bonchev–Trinajstić information content (AvgIpc) is 3.70. The zero-order valence-corrected chi connectivity index (χ0v) is 34.3. The third-order valence-corrected chi connectivity index (χ3v) is 11.1. The Labute approximate surface area is 337 Å². The Morgan fingerprint density at radius 2 is 1.49 bits per heavy atom. The summed E-state index contributed by atoms with van der Waals surface area (Å²) < 4.78 is 0. The third-order valence-electron chi connectivity index (χ3n) is 9.55. The Hall–Kier alpha value is -4.66. The van der Waals surface area contributed by atoms with E-state index in [-0.39, 0.29) is 42.8 Å². The first-order valence-corrected chi connectivity index (χ1v) is 20.6.